The van der Waals surface area contributed by atoms with Gasteiger partial charge in [0.1, 0.15) is 0 Å². The lowest BCUT2D eigenvalue weighted by molar-refractivity contribution is 0.124. The Labute approximate surface area is 105 Å². The van der Waals surface area contributed by atoms with Gasteiger partial charge in [-0.1, -0.05) is 43.7 Å². The average molecular weight is 235 g/mol. The summed E-state index contributed by atoms with van der Waals surface area (Å²) >= 11 is 0. The second-order valence-electron chi connectivity index (χ2n) is 4.42. The van der Waals surface area contributed by atoms with Crippen LogP contribution in [0.3, 0.4) is 0 Å². The van der Waals surface area contributed by atoms with Gasteiger partial charge in [0.25, 0.3) is 0 Å². The molecule has 0 saturated carbocycles. The maximum absolute atomic E-state index is 5.64. The fraction of sp³-hybridized carbons (Fsp3) is 0.600. The monoisotopic (exact) mass is 235 g/mol. The first-order valence-corrected chi connectivity index (χ1v) is 6.65. The van der Waals surface area contributed by atoms with E-state index in [1.807, 2.05) is 7.05 Å². The van der Waals surface area contributed by atoms with Gasteiger partial charge in [0.05, 0.1) is 0 Å². The van der Waals surface area contributed by atoms with Gasteiger partial charge in [-0.05, 0) is 31.4 Å². The summed E-state index contributed by atoms with van der Waals surface area (Å²) in [5.41, 5.74) is 1.40. The van der Waals surface area contributed by atoms with Gasteiger partial charge in [0.2, 0.25) is 0 Å². The first-order valence-electron chi connectivity index (χ1n) is 6.65. The predicted octanol–water partition coefficient (Wildman–Crippen LogP) is 3.20. The number of hydrogen-bond donors (Lipinski definition) is 1. The van der Waals surface area contributed by atoms with Gasteiger partial charge in [-0.25, -0.2) is 0 Å². The minimum Gasteiger partial charge on any atom is -0.381 e. The molecular formula is C15H25NO. The molecule has 2 heteroatoms. The highest BCUT2D eigenvalue weighted by molar-refractivity contribution is 5.19. The molecule has 0 aromatic heterocycles. The first kappa shape index (κ1) is 14.2. The molecule has 1 unspecified atom stereocenters. The molecule has 0 spiro atoms. The summed E-state index contributed by atoms with van der Waals surface area (Å²) in [4.78, 5) is 0. The quantitative estimate of drug-likeness (QED) is 0.664. The standard InChI is InChI=1S/C15H25NO/c1-3-4-11-17-12-10-15(13-16-2)14-8-6-5-7-9-14/h5-9,15-16H,3-4,10-13H2,1-2H3. The van der Waals surface area contributed by atoms with Crippen molar-refractivity contribution in [3.63, 3.8) is 0 Å². The van der Waals surface area contributed by atoms with E-state index in [-0.39, 0.29) is 0 Å². The summed E-state index contributed by atoms with van der Waals surface area (Å²) in [6.07, 6.45) is 3.47. The summed E-state index contributed by atoms with van der Waals surface area (Å²) in [7, 11) is 2.01. The number of ether oxygens (including phenoxy) is 1. The van der Waals surface area contributed by atoms with Crippen molar-refractivity contribution in [1.29, 1.82) is 0 Å². The SMILES string of the molecule is CCCCOCCC(CNC)c1ccccc1. The molecular weight excluding hydrogens is 210 g/mol. The molecule has 0 aliphatic rings. The molecule has 0 aliphatic heterocycles. The smallest absolute Gasteiger partial charge is 0.0472 e. The number of benzene rings is 1. The van der Waals surface area contributed by atoms with E-state index >= 15 is 0 Å². The zero-order chi connectivity index (χ0) is 12.3. The molecule has 96 valence electrons. The Balaban J connectivity index is 2.33. The van der Waals surface area contributed by atoms with Crippen molar-refractivity contribution < 1.29 is 4.74 Å². The van der Waals surface area contributed by atoms with Crippen LogP contribution in [0.1, 0.15) is 37.7 Å². The van der Waals surface area contributed by atoms with Gasteiger partial charge in [-0.2, -0.15) is 0 Å². The van der Waals surface area contributed by atoms with Crippen molar-refractivity contribution in [2.45, 2.75) is 32.1 Å². The van der Waals surface area contributed by atoms with E-state index in [1.165, 1.54) is 18.4 Å². The molecule has 0 bridgehead atoms. The van der Waals surface area contributed by atoms with Crippen LogP contribution in [-0.4, -0.2) is 26.8 Å². The predicted molar refractivity (Wildman–Crippen MR) is 73.5 cm³/mol. The Hall–Kier alpha value is -0.860. The van der Waals surface area contributed by atoms with E-state index in [4.69, 9.17) is 4.74 Å². The number of rotatable bonds is 9. The van der Waals surface area contributed by atoms with Crippen molar-refractivity contribution in [2.75, 3.05) is 26.8 Å². The Morgan fingerprint density at radius 3 is 2.59 bits per heavy atom. The van der Waals surface area contributed by atoms with Gasteiger partial charge in [-0.15, -0.1) is 0 Å². The second-order valence-corrected chi connectivity index (χ2v) is 4.42. The Kier molecular flexibility index (Phi) is 7.69. The van der Waals surface area contributed by atoms with Gasteiger partial charge >= 0.3 is 0 Å². The van der Waals surface area contributed by atoms with Gasteiger partial charge in [0, 0.05) is 19.8 Å². The number of unbranched alkanes of at least 4 members (excludes halogenated alkanes) is 1. The third-order valence-electron chi connectivity index (χ3n) is 2.97. The Morgan fingerprint density at radius 2 is 1.94 bits per heavy atom. The zero-order valence-electron chi connectivity index (χ0n) is 11.1. The van der Waals surface area contributed by atoms with Gasteiger partial charge in [-0.3, -0.25) is 0 Å². The molecule has 0 heterocycles. The van der Waals surface area contributed by atoms with E-state index in [2.05, 4.69) is 42.6 Å². The van der Waals surface area contributed by atoms with E-state index < -0.39 is 0 Å². The van der Waals surface area contributed by atoms with Crippen molar-refractivity contribution in [3.05, 3.63) is 35.9 Å². The molecule has 1 atom stereocenters. The van der Waals surface area contributed by atoms with Crippen molar-refractivity contribution >= 4 is 0 Å². The molecule has 2 nitrogen and oxygen atoms in total. The van der Waals surface area contributed by atoms with Crippen LogP contribution in [0.2, 0.25) is 0 Å². The fourth-order valence-corrected chi connectivity index (χ4v) is 1.93. The highest BCUT2D eigenvalue weighted by atomic mass is 16.5. The topological polar surface area (TPSA) is 21.3 Å². The van der Waals surface area contributed by atoms with Crippen LogP contribution in [0.15, 0.2) is 30.3 Å². The molecule has 17 heavy (non-hydrogen) atoms. The molecule has 0 amide bonds. The van der Waals surface area contributed by atoms with Crippen molar-refractivity contribution in [3.8, 4) is 0 Å². The van der Waals surface area contributed by atoms with E-state index in [9.17, 15) is 0 Å². The van der Waals surface area contributed by atoms with Crippen LogP contribution in [0.25, 0.3) is 0 Å². The highest BCUT2D eigenvalue weighted by Crippen LogP contribution is 2.18. The van der Waals surface area contributed by atoms with Crippen LogP contribution < -0.4 is 5.32 Å². The maximum Gasteiger partial charge on any atom is 0.0472 e. The molecule has 1 aromatic rings. The number of hydrogen-bond acceptors (Lipinski definition) is 2. The van der Waals surface area contributed by atoms with Crippen LogP contribution in [-0.2, 0) is 4.74 Å². The normalized spacial score (nSPS) is 12.6. The third kappa shape index (κ3) is 5.85. The average Bonchev–Trinajstić information content (AvgIpc) is 2.38. The first-order chi connectivity index (χ1) is 8.38. The van der Waals surface area contributed by atoms with Gasteiger partial charge < -0.3 is 10.1 Å². The third-order valence-corrected chi connectivity index (χ3v) is 2.97. The minimum absolute atomic E-state index is 0.558. The van der Waals surface area contributed by atoms with Crippen LogP contribution in [0.5, 0.6) is 0 Å². The summed E-state index contributed by atoms with van der Waals surface area (Å²) in [5.74, 6) is 0.558. The van der Waals surface area contributed by atoms with E-state index in [0.29, 0.717) is 5.92 Å². The van der Waals surface area contributed by atoms with Crippen molar-refractivity contribution in [1.82, 2.24) is 5.32 Å². The molecule has 1 aromatic carbocycles. The van der Waals surface area contributed by atoms with Crippen LogP contribution >= 0.6 is 0 Å². The van der Waals surface area contributed by atoms with Gasteiger partial charge in [0.15, 0.2) is 0 Å². The summed E-state index contributed by atoms with van der Waals surface area (Å²) < 4.78 is 5.64. The van der Waals surface area contributed by atoms with E-state index in [0.717, 1.165) is 26.2 Å². The lowest BCUT2D eigenvalue weighted by Crippen LogP contribution is -2.18. The molecule has 0 aliphatic carbocycles. The zero-order valence-corrected chi connectivity index (χ0v) is 11.1. The molecule has 1 N–H and O–H groups in total. The number of likely N-dealkylation sites (N-methyl/N-ethyl adjacent to an activating group) is 1. The molecule has 0 saturated heterocycles. The lowest BCUT2D eigenvalue weighted by atomic mass is 9.96. The summed E-state index contributed by atoms with van der Waals surface area (Å²) in [5, 5.41) is 3.26. The molecule has 0 radical (unpaired) electrons. The maximum atomic E-state index is 5.64. The largest absolute Gasteiger partial charge is 0.381 e. The fourth-order valence-electron chi connectivity index (χ4n) is 1.93. The molecule has 0 fully saturated rings. The molecule has 1 rings (SSSR count). The van der Waals surface area contributed by atoms with Crippen LogP contribution in [0.4, 0.5) is 0 Å². The Morgan fingerprint density at radius 1 is 1.18 bits per heavy atom. The minimum atomic E-state index is 0.558. The van der Waals surface area contributed by atoms with Crippen molar-refractivity contribution in [2.24, 2.45) is 0 Å². The summed E-state index contributed by atoms with van der Waals surface area (Å²) in [6.45, 7) is 4.97. The highest BCUT2D eigenvalue weighted by Gasteiger charge is 2.09. The number of nitrogens with one attached hydrogen (secondary N) is 1. The lowest BCUT2D eigenvalue weighted by Gasteiger charge is -2.17. The summed E-state index contributed by atoms with van der Waals surface area (Å²) in [6, 6.07) is 10.7. The van der Waals surface area contributed by atoms with Crippen LogP contribution in [0, 0.1) is 0 Å². The van der Waals surface area contributed by atoms with E-state index in [1.54, 1.807) is 0 Å². The Bertz CT molecular complexity index is 274. The second kappa shape index (κ2) is 9.20.